The Morgan fingerprint density at radius 1 is 1.50 bits per heavy atom. The second kappa shape index (κ2) is 4.06. The van der Waals surface area contributed by atoms with Gasteiger partial charge in [-0.1, -0.05) is 17.3 Å². The molecule has 5 nitrogen and oxygen atoms in total. The van der Waals surface area contributed by atoms with Gasteiger partial charge in [-0.2, -0.15) is 0 Å². The molecule has 0 bridgehead atoms. The van der Waals surface area contributed by atoms with Gasteiger partial charge in [-0.15, -0.1) is 0 Å². The summed E-state index contributed by atoms with van der Waals surface area (Å²) in [6.07, 6.45) is 2.69. The van der Waals surface area contributed by atoms with Crippen LogP contribution >= 0.6 is 0 Å². The average molecular weight is 218 g/mol. The lowest BCUT2D eigenvalue weighted by Crippen LogP contribution is -2.11. The van der Waals surface area contributed by atoms with Crippen LogP contribution in [0.3, 0.4) is 0 Å². The van der Waals surface area contributed by atoms with Crippen LogP contribution < -0.4 is 5.32 Å². The highest BCUT2D eigenvalue weighted by molar-refractivity contribution is 6.06. The van der Waals surface area contributed by atoms with Crippen LogP contribution in [0.4, 0.5) is 5.69 Å². The van der Waals surface area contributed by atoms with E-state index in [1.807, 2.05) is 0 Å². The van der Waals surface area contributed by atoms with E-state index in [4.69, 9.17) is 0 Å². The van der Waals surface area contributed by atoms with Crippen LogP contribution in [0, 0.1) is 6.92 Å². The number of aromatic nitrogens is 1. The van der Waals surface area contributed by atoms with Crippen molar-refractivity contribution in [2.75, 3.05) is 5.32 Å². The van der Waals surface area contributed by atoms with Crippen LogP contribution in [0.1, 0.15) is 15.9 Å². The Labute approximate surface area is 91.7 Å². The van der Waals surface area contributed by atoms with Gasteiger partial charge in [0.2, 0.25) is 0 Å². The van der Waals surface area contributed by atoms with Crippen LogP contribution in [-0.2, 0) is 0 Å². The van der Waals surface area contributed by atoms with E-state index >= 15 is 0 Å². The summed E-state index contributed by atoms with van der Waals surface area (Å²) in [6.45, 7) is 1.73. The molecular weight excluding hydrogens is 208 g/mol. The number of hydrogen-bond acceptors (Lipinski definition) is 4. The Balaban J connectivity index is 2.24. The van der Waals surface area contributed by atoms with Crippen molar-refractivity contribution in [3.8, 4) is 5.75 Å². The molecule has 1 aromatic carbocycles. The molecule has 0 saturated carbocycles. The fraction of sp³-hybridized carbons (Fsp3) is 0.0909. The summed E-state index contributed by atoms with van der Waals surface area (Å²) in [5, 5.41) is 15.7. The number of carbonyl (C=O) groups excluding carboxylic acids is 1. The molecule has 2 rings (SSSR count). The van der Waals surface area contributed by atoms with Crippen LogP contribution in [0.25, 0.3) is 0 Å². The van der Waals surface area contributed by atoms with Crippen molar-refractivity contribution in [2.45, 2.75) is 6.92 Å². The van der Waals surface area contributed by atoms with Crippen LogP contribution in [-0.4, -0.2) is 16.2 Å². The Hall–Kier alpha value is -2.30. The smallest absolute Gasteiger partial charge is 0.259 e. The zero-order valence-corrected chi connectivity index (χ0v) is 8.60. The van der Waals surface area contributed by atoms with Gasteiger partial charge in [-0.3, -0.25) is 4.79 Å². The second-order valence-electron chi connectivity index (χ2n) is 3.34. The number of para-hydroxylation sites is 1. The first kappa shape index (κ1) is 10.2. The summed E-state index contributed by atoms with van der Waals surface area (Å²) in [5.74, 6) is -0.416. The predicted octanol–water partition coefficient (Wildman–Crippen LogP) is 1.94. The van der Waals surface area contributed by atoms with Gasteiger partial charge in [0.05, 0.1) is 11.8 Å². The van der Waals surface area contributed by atoms with E-state index in [-0.39, 0.29) is 11.3 Å². The second-order valence-corrected chi connectivity index (χ2v) is 3.34. The normalized spacial score (nSPS) is 10.1. The first-order valence-corrected chi connectivity index (χ1v) is 4.68. The van der Waals surface area contributed by atoms with Gasteiger partial charge in [-0.25, -0.2) is 0 Å². The van der Waals surface area contributed by atoms with Crippen molar-refractivity contribution in [2.24, 2.45) is 0 Å². The summed E-state index contributed by atoms with van der Waals surface area (Å²) in [7, 11) is 0. The molecule has 0 saturated heterocycles. The van der Waals surface area contributed by atoms with E-state index < -0.39 is 5.91 Å². The number of nitrogens with one attached hydrogen (secondary N) is 1. The molecule has 0 unspecified atom stereocenters. The molecule has 5 heteroatoms. The highest BCUT2D eigenvalue weighted by atomic mass is 16.5. The van der Waals surface area contributed by atoms with E-state index in [9.17, 15) is 9.90 Å². The Morgan fingerprint density at radius 3 is 3.00 bits per heavy atom. The maximum Gasteiger partial charge on any atom is 0.259 e. The zero-order chi connectivity index (χ0) is 11.5. The number of carbonyl (C=O) groups is 1. The Kier molecular flexibility index (Phi) is 2.59. The number of nitrogens with zero attached hydrogens (tertiary/aromatic N) is 1. The standard InChI is InChI=1S/C11H10N2O3/c1-7-3-2-4-9(10(7)14)11(15)13-8-5-12-16-6-8/h2-6,14H,1H3,(H,13,15). The average Bonchev–Trinajstić information content (AvgIpc) is 2.74. The van der Waals surface area contributed by atoms with E-state index in [2.05, 4.69) is 15.0 Å². The minimum atomic E-state index is -0.399. The van der Waals surface area contributed by atoms with Crippen molar-refractivity contribution in [3.63, 3.8) is 0 Å². The molecule has 0 atom stereocenters. The number of phenolic OH excluding ortho intramolecular Hbond substituents is 1. The van der Waals surface area contributed by atoms with Crippen molar-refractivity contribution >= 4 is 11.6 Å². The highest BCUT2D eigenvalue weighted by Gasteiger charge is 2.12. The minimum absolute atomic E-state index is 0.0172. The lowest BCUT2D eigenvalue weighted by atomic mass is 10.1. The van der Waals surface area contributed by atoms with Crippen molar-refractivity contribution in [1.29, 1.82) is 0 Å². The monoisotopic (exact) mass is 218 g/mol. The lowest BCUT2D eigenvalue weighted by molar-refractivity contribution is 0.102. The third kappa shape index (κ3) is 1.88. The third-order valence-corrected chi connectivity index (χ3v) is 2.17. The maximum atomic E-state index is 11.7. The molecular formula is C11H10N2O3. The number of aromatic hydroxyl groups is 1. The van der Waals surface area contributed by atoms with Crippen molar-refractivity contribution in [3.05, 3.63) is 41.8 Å². The summed E-state index contributed by atoms with van der Waals surface area (Å²) in [5.41, 5.74) is 1.32. The van der Waals surface area contributed by atoms with E-state index in [1.165, 1.54) is 12.5 Å². The zero-order valence-electron chi connectivity index (χ0n) is 8.60. The molecule has 0 spiro atoms. The quantitative estimate of drug-likeness (QED) is 0.807. The number of hydrogen-bond donors (Lipinski definition) is 2. The van der Waals surface area contributed by atoms with Crippen LogP contribution in [0.15, 0.2) is 35.2 Å². The van der Waals surface area contributed by atoms with E-state index in [1.54, 1.807) is 25.1 Å². The van der Waals surface area contributed by atoms with E-state index in [0.29, 0.717) is 11.3 Å². The number of aryl methyl sites for hydroxylation is 1. The molecule has 2 aromatic rings. The molecule has 16 heavy (non-hydrogen) atoms. The van der Waals surface area contributed by atoms with Gasteiger partial charge >= 0.3 is 0 Å². The first-order chi connectivity index (χ1) is 7.68. The van der Waals surface area contributed by atoms with Gasteiger partial charge in [0.15, 0.2) is 0 Å². The SMILES string of the molecule is Cc1cccc(C(=O)Nc2cnoc2)c1O. The molecule has 1 aromatic heterocycles. The van der Waals surface area contributed by atoms with Gasteiger partial charge < -0.3 is 14.9 Å². The van der Waals surface area contributed by atoms with Crippen molar-refractivity contribution in [1.82, 2.24) is 5.16 Å². The fourth-order valence-electron chi connectivity index (χ4n) is 1.31. The van der Waals surface area contributed by atoms with Gasteiger partial charge in [0.1, 0.15) is 17.7 Å². The first-order valence-electron chi connectivity index (χ1n) is 4.68. The largest absolute Gasteiger partial charge is 0.507 e. The third-order valence-electron chi connectivity index (χ3n) is 2.17. The summed E-state index contributed by atoms with van der Waals surface area (Å²) in [4.78, 5) is 11.7. The highest BCUT2D eigenvalue weighted by Crippen LogP contribution is 2.22. The number of phenols is 1. The molecule has 0 radical (unpaired) electrons. The molecule has 1 heterocycles. The lowest BCUT2D eigenvalue weighted by Gasteiger charge is -2.06. The molecule has 82 valence electrons. The molecule has 0 aliphatic heterocycles. The Bertz CT molecular complexity index is 506. The number of amides is 1. The number of rotatable bonds is 2. The van der Waals surface area contributed by atoms with Gasteiger partial charge in [0.25, 0.3) is 5.91 Å². The topological polar surface area (TPSA) is 75.4 Å². The molecule has 2 N–H and O–H groups in total. The number of anilines is 1. The van der Waals surface area contributed by atoms with Crippen LogP contribution in [0.2, 0.25) is 0 Å². The van der Waals surface area contributed by atoms with Crippen LogP contribution in [0.5, 0.6) is 5.75 Å². The molecule has 0 aliphatic carbocycles. The summed E-state index contributed by atoms with van der Waals surface area (Å²) < 4.78 is 4.58. The molecule has 0 fully saturated rings. The number of benzene rings is 1. The van der Waals surface area contributed by atoms with E-state index in [0.717, 1.165) is 0 Å². The summed E-state index contributed by atoms with van der Waals surface area (Å²) in [6, 6.07) is 4.98. The molecule has 0 aliphatic rings. The minimum Gasteiger partial charge on any atom is -0.507 e. The fourth-order valence-corrected chi connectivity index (χ4v) is 1.31. The Morgan fingerprint density at radius 2 is 2.31 bits per heavy atom. The van der Waals surface area contributed by atoms with Crippen molar-refractivity contribution < 1.29 is 14.4 Å². The van der Waals surface area contributed by atoms with Gasteiger partial charge in [-0.05, 0) is 18.6 Å². The maximum absolute atomic E-state index is 11.7. The predicted molar refractivity (Wildman–Crippen MR) is 57.3 cm³/mol. The summed E-state index contributed by atoms with van der Waals surface area (Å²) >= 11 is 0. The molecule has 1 amide bonds. The van der Waals surface area contributed by atoms with Gasteiger partial charge in [0, 0.05) is 0 Å².